The summed E-state index contributed by atoms with van der Waals surface area (Å²) in [5, 5.41) is 3.49. The third-order valence-corrected chi connectivity index (χ3v) is 3.74. The third-order valence-electron chi connectivity index (χ3n) is 3.74. The van der Waals surface area contributed by atoms with Crippen LogP contribution in [-0.2, 0) is 0 Å². The second kappa shape index (κ2) is 4.79. The standard InChI is InChI=1S/C16H21N/c1-5-15-13(4)17-12(3)11(2)16(15)14-9-7-6-8-10-14/h6-10,16-17H,5H2,1-4H3. The lowest BCUT2D eigenvalue weighted by atomic mass is 9.80. The lowest BCUT2D eigenvalue weighted by Crippen LogP contribution is -2.23. The molecule has 0 saturated heterocycles. The van der Waals surface area contributed by atoms with E-state index >= 15 is 0 Å². The molecule has 90 valence electrons. The SMILES string of the molecule is CCC1=C(C)NC(C)=C(C)C1c1ccccc1. The lowest BCUT2D eigenvalue weighted by Gasteiger charge is -2.31. The molecule has 1 unspecified atom stereocenters. The molecule has 1 aliphatic rings. The second-order valence-electron chi connectivity index (χ2n) is 4.78. The Kier molecular flexibility index (Phi) is 3.37. The summed E-state index contributed by atoms with van der Waals surface area (Å²) in [6, 6.07) is 10.8. The van der Waals surface area contributed by atoms with Gasteiger partial charge in [0.2, 0.25) is 0 Å². The van der Waals surface area contributed by atoms with E-state index in [0.717, 1.165) is 6.42 Å². The summed E-state index contributed by atoms with van der Waals surface area (Å²) in [4.78, 5) is 0. The fourth-order valence-corrected chi connectivity index (χ4v) is 2.72. The fourth-order valence-electron chi connectivity index (χ4n) is 2.72. The minimum absolute atomic E-state index is 0.461. The minimum Gasteiger partial charge on any atom is -0.363 e. The van der Waals surface area contributed by atoms with Gasteiger partial charge in [-0.05, 0) is 43.9 Å². The van der Waals surface area contributed by atoms with Gasteiger partial charge in [0.1, 0.15) is 0 Å². The molecule has 1 aromatic carbocycles. The van der Waals surface area contributed by atoms with Crippen molar-refractivity contribution in [1.82, 2.24) is 5.32 Å². The summed E-state index contributed by atoms with van der Waals surface area (Å²) in [6.45, 7) is 8.83. The highest BCUT2D eigenvalue weighted by molar-refractivity contribution is 5.44. The normalized spacial score (nSPS) is 20.6. The number of benzene rings is 1. The molecule has 1 heteroatoms. The zero-order chi connectivity index (χ0) is 12.4. The van der Waals surface area contributed by atoms with Crippen LogP contribution in [0.2, 0.25) is 0 Å². The van der Waals surface area contributed by atoms with Crippen molar-refractivity contribution in [3.05, 3.63) is 58.4 Å². The predicted molar refractivity (Wildman–Crippen MR) is 73.7 cm³/mol. The molecule has 1 atom stereocenters. The van der Waals surface area contributed by atoms with Gasteiger partial charge in [-0.25, -0.2) is 0 Å². The first kappa shape index (κ1) is 12.0. The van der Waals surface area contributed by atoms with Gasteiger partial charge in [0.05, 0.1) is 0 Å². The Bertz CT molecular complexity index is 466. The van der Waals surface area contributed by atoms with E-state index in [4.69, 9.17) is 0 Å². The van der Waals surface area contributed by atoms with Gasteiger partial charge in [0, 0.05) is 17.3 Å². The van der Waals surface area contributed by atoms with Gasteiger partial charge >= 0.3 is 0 Å². The first-order chi connectivity index (χ1) is 8.15. The Balaban J connectivity index is 2.51. The van der Waals surface area contributed by atoms with Crippen molar-refractivity contribution >= 4 is 0 Å². The van der Waals surface area contributed by atoms with Crippen LogP contribution in [0.5, 0.6) is 0 Å². The number of hydrogen-bond donors (Lipinski definition) is 1. The Hall–Kier alpha value is -1.50. The molecule has 0 fully saturated rings. The van der Waals surface area contributed by atoms with Crippen molar-refractivity contribution in [3.8, 4) is 0 Å². The molecule has 0 saturated carbocycles. The average molecular weight is 227 g/mol. The molecule has 0 spiro atoms. The van der Waals surface area contributed by atoms with E-state index in [0.29, 0.717) is 5.92 Å². The van der Waals surface area contributed by atoms with E-state index in [9.17, 15) is 0 Å². The maximum Gasteiger partial charge on any atom is 0.0295 e. The number of dihydropyridines is 1. The van der Waals surface area contributed by atoms with Crippen LogP contribution < -0.4 is 5.32 Å². The fraction of sp³-hybridized carbons (Fsp3) is 0.375. The molecule has 1 N–H and O–H groups in total. The van der Waals surface area contributed by atoms with Crippen LogP contribution in [0.15, 0.2) is 52.9 Å². The number of hydrogen-bond acceptors (Lipinski definition) is 1. The highest BCUT2D eigenvalue weighted by Gasteiger charge is 2.24. The molecule has 0 radical (unpaired) electrons. The summed E-state index contributed by atoms with van der Waals surface area (Å²) in [5.74, 6) is 0.461. The highest BCUT2D eigenvalue weighted by Crippen LogP contribution is 2.38. The summed E-state index contributed by atoms with van der Waals surface area (Å²) in [7, 11) is 0. The zero-order valence-corrected chi connectivity index (χ0v) is 11.2. The number of allylic oxidation sites excluding steroid dienone is 4. The van der Waals surface area contributed by atoms with Crippen molar-refractivity contribution in [2.45, 2.75) is 40.0 Å². The van der Waals surface area contributed by atoms with Crippen LogP contribution in [0.4, 0.5) is 0 Å². The molecule has 0 amide bonds. The van der Waals surface area contributed by atoms with Gasteiger partial charge in [-0.1, -0.05) is 37.3 Å². The van der Waals surface area contributed by atoms with E-state index in [2.05, 4.69) is 63.3 Å². The van der Waals surface area contributed by atoms with Crippen molar-refractivity contribution in [1.29, 1.82) is 0 Å². The van der Waals surface area contributed by atoms with Gasteiger partial charge in [0.15, 0.2) is 0 Å². The van der Waals surface area contributed by atoms with Gasteiger partial charge in [-0.3, -0.25) is 0 Å². The minimum atomic E-state index is 0.461. The van der Waals surface area contributed by atoms with Crippen molar-refractivity contribution in [2.24, 2.45) is 0 Å². The van der Waals surface area contributed by atoms with Crippen LogP contribution in [0.3, 0.4) is 0 Å². The van der Waals surface area contributed by atoms with Gasteiger partial charge < -0.3 is 5.32 Å². The van der Waals surface area contributed by atoms with E-state index in [1.54, 1.807) is 0 Å². The van der Waals surface area contributed by atoms with Crippen LogP contribution in [0.25, 0.3) is 0 Å². The summed E-state index contributed by atoms with van der Waals surface area (Å²) in [5.41, 5.74) is 6.98. The Morgan fingerprint density at radius 1 is 1.00 bits per heavy atom. The van der Waals surface area contributed by atoms with Crippen molar-refractivity contribution in [3.63, 3.8) is 0 Å². The average Bonchev–Trinajstić information content (AvgIpc) is 2.34. The molecule has 0 aromatic heterocycles. The molecular formula is C16H21N. The maximum absolute atomic E-state index is 3.49. The van der Waals surface area contributed by atoms with Crippen LogP contribution in [-0.4, -0.2) is 0 Å². The Morgan fingerprint density at radius 3 is 2.24 bits per heavy atom. The zero-order valence-electron chi connectivity index (χ0n) is 11.2. The van der Waals surface area contributed by atoms with Crippen molar-refractivity contribution < 1.29 is 0 Å². The number of rotatable bonds is 2. The summed E-state index contributed by atoms with van der Waals surface area (Å²) >= 11 is 0. The van der Waals surface area contributed by atoms with Crippen LogP contribution in [0, 0.1) is 0 Å². The smallest absolute Gasteiger partial charge is 0.0295 e. The molecule has 0 aliphatic carbocycles. The summed E-state index contributed by atoms with van der Waals surface area (Å²) in [6.07, 6.45) is 1.10. The molecule has 1 nitrogen and oxygen atoms in total. The van der Waals surface area contributed by atoms with Gasteiger partial charge in [0.25, 0.3) is 0 Å². The van der Waals surface area contributed by atoms with E-state index < -0.39 is 0 Å². The quantitative estimate of drug-likeness (QED) is 0.792. The van der Waals surface area contributed by atoms with Gasteiger partial charge in [-0.2, -0.15) is 0 Å². The van der Waals surface area contributed by atoms with Crippen molar-refractivity contribution in [2.75, 3.05) is 0 Å². The molecule has 0 bridgehead atoms. The maximum atomic E-state index is 3.49. The van der Waals surface area contributed by atoms with Gasteiger partial charge in [-0.15, -0.1) is 0 Å². The third kappa shape index (κ3) is 2.14. The Morgan fingerprint density at radius 2 is 1.65 bits per heavy atom. The van der Waals surface area contributed by atoms with Crippen LogP contribution >= 0.6 is 0 Å². The van der Waals surface area contributed by atoms with E-state index in [1.807, 2.05) is 0 Å². The van der Waals surface area contributed by atoms with E-state index in [1.165, 1.54) is 28.1 Å². The largest absolute Gasteiger partial charge is 0.363 e. The molecule has 17 heavy (non-hydrogen) atoms. The molecule has 1 aromatic rings. The lowest BCUT2D eigenvalue weighted by molar-refractivity contribution is 0.741. The van der Waals surface area contributed by atoms with Crippen LogP contribution in [0.1, 0.15) is 45.6 Å². The second-order valence-corrected chi connectivity index (χ2v) is 4.78. The Labute approximate surface area is 104 Å². The monoisotopic (exact) mass is 227 g/mol. The highest BCUT2D eigenvalue weighted by atomic mass is 14.9. The predicted octanol–water partition coefficient (Wildman–Crippen LogP) is 4.35. The molecular weight excluding hydrogens is 206 g/mol. The molecule has 2 rings (SSSR count). The molecule has 1 aliphatic heterocycles. The topological polar surface area (TPSA) is 12.0 Å². The molecule has 1 heterocycles. The number of nitrogens with one attached hydrogen (secondary N) is 1. The summed E-state index contributed by atoms with van der Waals surface area (Å²) < 4.78 is 0. The first-order valence-electron chi connectivity index (χ1n) is 6.34. The van der Waals surface area contributed by atoms with E-state index in [-0.39, 0.29) is 0 Å². The first-order valence-corrected chi connectivity index (χ1v) is 6.34.